The molecule has 92 valence electrons. The quantitative estimate of drug-likeness (QED) is 0.784. The van der Waals surface area contributed by atoms with Crippen LogP contribution in [0.15, 0.2) is 24.3 Å². The molecule has 1 aromatic rings. The van der Waals surface area contributed by atoms with Gasteiger partial charge in [-0.2, -0.15) is 0 Å². The summed E-state index contributed by atoms with van der Waals surface area (Å²) in [5.41, 5.74) is 7.32. The Balaban J connectivity index is 1.72. The lowest BCUT2D eigenvalue weighted by atomic mass is 10.2. The SMILES string of the molecule is NCc1ccc(NC(=O)COCC2CC2)cc1. The van der Waals surface area contributed by atoms with Crippen LogP contribution in [-0.2, 0) is 16.1 Å². The smallest absolute Gasteiger partial charge is 0.250 e. The fourth-order valence-electron chi connectivity index (χ4n) is 1.52. The van der Waals surface area contributed by atoms with Gasteiger partial charge in [0.05, 0.1) is 6.61 Å². The third-order valence-electron chi connectivity index (χ3n) is 2.76. The van der Waals surface area contributed by atoms with E-state index in [-0.39, 0.29) is 12.5 Å². The maximum atomic E-state index is 11.5. The molecule has 1 aliphatic rings. The molecule has 1 aliphatic carbocycles. The zero-order valence-electron chi connectivity index (χ0n) is 9.82. The van der Waals surface area contributed by atoms with Crippen LogP contribution in [0, 0.1) is 5.92 Å². The van der Waals surface area contributed by atoms with Crippen molar-refractivity contribution in [2.45, 2.75) is 19.4 Å². The zero-order valence-corrected chi connectivity index (χ0v) is 9.82. The molecule has 4 nitrogen and oxygen atoms in total. The summed E-state index contributed by atoms with van der Waals surface area (Å²) in [6.07, 6.45) is 2.48. The Kier molecular flexibility index (Phi) is 4.12. The monoisotopic (exact) mass is 234 g/mol. The minimum atomic E-state index is -0.105. The number of amides is 1. The lowest BCUT2D eigenvalue weighted by molar-refractivity contribution is -0.120. The van der Waals surface area contributed by atoms with Gasteiger partial charge < -0.3 is 15.8 Å². The Bertz CT molecular complexity index is 372. The number of nitrogens with one attached hydrogen (secondary N) is 1. The van der Waals surface area contributed by atoms with Gasteiger partial charge in [-0.3, -0.25) is 4.79 Å². The van der Waals surface area contributed by atoms with E-state index < -0.39 is 0 Å². The van der Waals surface area contributed by atoms with Crippen LogP contribution in [0.4, 0.5) is 5.69 Å². The summed E-state index contributed by atoms with van der Waals surface area (Å²) in [7, 11) is 0. The standard InChI is InChI=1S/C13H18N2O2/c14-7-10-3-5-12(6-4-10)15-13(16)9-17-8-11-1-2-11/h3-6,11H,1-2,7-9,14H2,(H,15,16). The number of carbonyl (C=O) groups is 1. The van der Waals surface area contributed by atoms with Gasteiger partial charge in [0.25, 0.3) is 0 Å². The van der Waals surface area contributed by atoms with Gasteiger partial charge in [-0.15, -0.1) is 0 Å². The van der Waals surface area contributed by atoms with Crippen LogP contribution in [0.3, 0.4) is 0 Å². The van der Waals surface area contributed by atoms with E-state index in [2.05, 4.69) is 5.32 Å². The molecule has 1 amide bonds. The molecule has 1 saturated carbocycles. The first-order chi connectivity index (χ1) is 8.28. The van der Waals surface area contributed by atoms with Crippen molar-refractivity contribution >= 4 is 11.6 Å². The topological polar surface area (TPSA) is 64.3 Å². The van der Waals surface area contributed by atoms with Gasteiger partial charge in [0.1, 0.15) is 6.61 Å². The lowest BCUT2D eigenvalue weighted by Crippen LogP contribution is -2.19. The number of carbonyl (C=O) groups excluding carboxylic acids is 1. The largest absolute Gasteiger partial charge is 0.371 e. The van der Waals surface area contributed by atoms with Crippen molar-refractivity contribution in [2.75, 3.05) is 18.5 Å². The van der Waals surface area contributed by atoms with Crippen molar-refractivity contribution in [3.63, 3.8) is 0 Å². The van der Waals surface area contributed by atoms with Gasteiger partial charge in [-0.05, 0) is 36.5 Å². The minimum Gasteiger partial charge on any atom is -0.371 e. The summed E-state index contributed by atoms with van der Waals surface area (Å²) in [5, 5.41) is 2.78. The summed E-state index contributed by atoms with van der Waals surface area (Å²) in [6, 6.07) is 7.50. The highest BCUT2D eigenvalue weighted by atomic mass is 16.5. The number of hydrogen-bond acceptors (Lipinski definition) is 3. The van der Waals surface area contributed by atoms with E-state index in [1.807, 2.05) is 24.3 Å². The lowest BCUT2D eigenvalue weighted by Gasteiger charge is -2.06. The highest BCUT2D eigenvalue weighted by Gasteiger charge is 2.21. The fraction of sp³-hybridized carbons (Fsp3) is 0.462. The van der Waals surface area contributed by atoms with Gasteiger partial charge >= 0.3 is 0 Å². The molecule has 0 spiro atoms. The van der Waals surface area contributed by atoms with E-state index in [1.54, 1.807) is 0 Å². The molecule has 4 heteroatoms. The summed E-state index contributed by atoms with van der Waals surface area (Å²) >= 11 is 0. The molecule has 1 fully saturated rings. The summed E-state index contributed by atoms with van der Waals surface area (Å²) in [6.45, 7) is 1.35. The maximum absolute atomic E-state index is 11.5. The number of ether oxygens (including phenoxy) is 1. The first-order valence-electron chi connectivity index (χ1n) is 5.94. The molecule has 17 heavy (non-hydrogen) atoms. The Morgan fingerprint density at radius 2 is 2.06 bits per heavy atom. The first-order valence-corrected chi connectivity index (χ1v) is 5.94. The van der Waals surface area contributed by atoms with Gasteiger partial charge in [-0.1, -0.05) is 12.1 Å². The number of rotatable bonds is 6. The molecule has 0 atom stereocenters. The fourth-order valence-corrected chi connectivity index (χ4v) is 1.52. The molecule has 0 radical (unpaired) electrons. The molecule has 0 heterocycles. The number of hydrogen-bond donors (Lipinski definition) is 2. The molecule has 1 aromatic carbocycles. The van der Waals surface area contributed by atoms with Crippen molar-refractivity contribution in [1.82, 2.24) is 0 Å². The summed E-state index contributed by atoms with van der Waals surface area (Å²) < 4.78 is 5.30. The highest BCUT2D eigenvalue weighted by Crippen LogP contribution is 2.28. The second kappa shape index (κ2) is 5.80. The van der Waals surface area contributed by atoms with Crippen LogP contribution in [0.25, 0.3) is 0 Å². The zero-order chi connectivity index (χ0) is 12.1. The van der Waals surface area contributed by atoms with Crippen molar-refractivity contribution < 1.29 is 9.53 Å². The van der Waals surface area contributed by atoms with Gasteiger partial charge in [0.15, 0.2) is 0 Å². The molecule has 0 bridgehead atoms. The molecule has 3 N–H and O–H groups in total. The Labute approximate surface area is 101 Å². The number of anilines is 1. The van der Waals surface area contributed by atoms with E-state index in [1.165, 1.54) is 12.8 Å². The van der Waals surface area contributed by atoms with Crippen molar-refractivity contribution in [3.8, 4) is 0 Å². The predicted octanol–water partition coefficient (Wildman–Crippen LogP) is 1.51. The van der Waals surface area contributed by atoms with Crippen LogP contribution < -0.4 is 11.1 Å². The van der Waals surface area contributed by atoms with Crippen molar-refractivity contribution in [3.05, 3.63) is 29.8 Å². The van der Waals surface area contributed by atoms with Crippen molar-refractivity contribution in [1.29, 1.82) is 0 Å². The number of benzene rings is 1. The third-order valence-corrected chi connectivity index (χ3v) is 2.76. The Morgan fingerprint density at radius 3 is 2.65 bits per heavy atom. The van der Waals surface area contributed by atoms with E-state index in [0.717, 1.165) is 11.3 Å². The van der Waals surface area contributed by atoms with E-state index in [0.29, 0.717) is 19.1 Å². The maximum Gasteiger partial charge on any atom is 0.250 e. The first kappa shape index (κ1) is 12.1. The van der Waals surface area contributed by atoms with E-state index >= 15 is 0 Å². The third kappa shape index (κ3) is 4.17. The van der Waals surface area contributed by atoms with Crippen LogP contribution in [0.1, 0.15) is 18.4 Å². The van der Waals surface area contributed by atoms with Crippen molar-refractivity contribution in [2.24, 2.45) is 11.7 Å². The van der Waals surface area contributed by atoms with Gasteiger partial charge in [0.2, 0.25) is 5.91 Å². The molecular weight excluding hydrogens is 216 g/mol. The average Bonchev–Trinajstić information content (AvgIpc) is 3.14. The van der Waals surface area contributed by atoms with Crippen LogP contribution in [0.5, 0.6) is 0 Å². The highest BCUT2D eigenvalue weighted by molar-refractivity contribution is 5.91. The van der Waals surface area contributed by atoms with E-state index in [9.17, 15) is 4.79 Å². The second-order valence-corrected chi connectivity index (χ2v) is 4.41. The average molecular weight is 234 g/mol. The molecule has 2 rings (SSSR count). The van der Waals surface area contributed by atoms with Crippen LogP contribution in [-0.4, -0.2) is 19.1 Å². The molecule has 0 unspecified atom stereocenters. The summed E-state index contributed by atoms with van der Waals surface area (Å²) in [4.78, 5) is 11.5. The normalized spacial score (nSPS) is 14.6. The predicted molar refractivity (Wildman–Crippen MR) is 66.5 cm³/mol. The molecule has 0 aliphatic heterocycles. The van der Waals surface area contributed by atoms with Gasteiger partial charge in [0, 0.05) is 12.2 Å². The Morgan fingerprint density at radius 1 is 1.35 bits per heavy atom. The van der Waals surface area contributed by atoms with Gasteiger partial charge in [-0.25, -0.2) is 0 Å². The molecular formula is C13H18N2O2. The second-order valence-electron chi connectivity index (χ2n) is 4.41. The molecule has 0 saturated heterocycles. The van der Waals surface area contributed by atoms with E-state index in [4.69, 9.17) is 10.5 Å². The summed E-state index contributed by atoms with van der Waals surface area (Å²) in [5.74, 6) is 0.581. The molecule has 0 aromatic heterocycles. The van der Waals surface area contributed by atoms with Crippen LogP contribution >= 0.6 is 0 Å². The van der Waals surface area contributed by atoms with Crippen LogP contribution in [0.2, 0.25) is 0 Å². The number of nitrogens with two attached hydrogens (primary N) is 1. The minimum absolute atomic E-state index is 0.105. The Hall–Kier alpha value is -1.39.